The van der Waals surface area contributed by atoms with Crippen LogP contribution in [0.3, 0.4) is 0 Å². The zero-order valence-corrected chi connectivity index (χ0v) is 18.0. The lowest BCUT2D eigenvalue weighted by Gasteiger charge is -2.33. The van der Waals surface area contributed by atoms with Crippen LogP contribution in [0.2, 0.25) is 0 Å². The molecule has 2 atom stereocenters. The van der Waals surface area contributed by atoms with Crippen LogP contribution in [-0.2, 0) is 4.79 Å². The van der Waals surface area contributed by atoms with Crippen molar-refractivity contribution in [1.29, 1.82) is 0 Å². The van der Waals surface area contributed by atoms with Crippen molar-refractivity contribution in [1.82, 2.24) is 0 Å². The van der Waals surface area contributed by atoms with Gasteiger partial charge in [0.15, 0.2) is 0 Å². The highest BCUT2D eigenvalue weighted by Crippen LogP contribution is 2.53. The van der Waals surface area contributed by atoms with Crippen molar-refractivity contribution in [3.05, 3.63) is 58.1 Å². The normalized spacial score (nSPS) is 20.4. The zero-order chi connectivity index (χ0) is 20.2. The average Bonchev–Trinajstić information content (AvgIpc) is 3.16. The lowest BCUT2D eigenvalue weighted by Crippen LogP contribution is -2.28. The molecule has 2 aromatic carbocycles. The smallest absolute Gasteiger partial charge is 0.224 e. The molecular formula is C25H32N2O. The molecule has 3 heteroatoms. The van der Waals surface area contributed by atoms with Crippen LogP contribution in [0.15, 0.2) is 30.3 Å². The number of amides is 1. The quantitative estimate of drug-likeness (QED) is 0.709. The number of fused-ring (bicyclic) bond motifs is 5. The summed E-state index contributed by atoms with van der Waals surface area (Å²) in [6.45, 7) is 13.8. The average molecular weight is 377 g/mol. The van der Waals surface area contributed by atoms with Crippen LogP contribution in [0.5, 0.6) is 0 Å². The first-order chi connectivity index (χ1) is 13.1. The summed E-state index contributed by atoms with van der Waals surface area (Å²) in [5, 5.41) is 3.15. The lowest BCUT2D eigenvalue weighted by atomic mass is 9.92. The number of anilines is 2. The molecule has 2 aromatic rings. The summed E-state index contributed by atoms with van der Waals surface area (Å²) < 4.78 is 0. The number of benzene rings is 2. The van der Waals surface area contributed by atoms with Gasteiger partial charge in [-0.3, -0.25) is 4.79 Å². The van der Waals surface area contributed by atoms with Crippen LogP contribution in [0.1, 0.15) is 73.4 Å². The summed E-state index contributed by atoms with van der Waals surface area (Å²) in [5.74, 6) is 0.739. The minimum atomic E-state index is -0.00806. The van der Waals surface area contributed by atoms with E-state index in [1.165, 1.54) is 23.2 Å². The van der Waals surface area contributed by atoms with Gasteiger partial charge < -0.3 is 10.2 Å². The molecule has 3 nitrogen and oxygen atoms in total. The molecule has 148 valence electrons. The van der Waals surface area contributed by atoms with Crippen LogP contribution in [0.4, 0.5) is 11.4 Å². The van der Waals surface area contributed by atoms with Gasteiger partial charge in [0.2, 0.25) is 5.91 Å². The summed E-state index contributed by atoms with van der Waals surface area (Å²) >= 11 is 0. The SMILES string of the molecule is Cc1cc(N2C[C@@H]3C[C@@H]2c2c(C)cccc23)cc(C)c1NC(=O)CC(C)(C)C. The maximum Gasteiger partial charge on any atom is 0.224 e. The van der Waals surface area contributed by atoms with Gasteiger partial charge in [-0.05, 0) is 72.6 Å². The van der Waals surface area contributed by atoms with Crippen molar-refractivity contribution >= 4 is 17.3 Å². The Bertz CT molecular complexity index is 915. The van der Waals surface area contributed by atoms with E-state index in [1.54, 1.807) is 5.56 Å². The van der Waals surface area contributed by atoms with Crippen molar-refractivity contribution in [3.63, 3.8) is 0 Å². The molecular weight excluding hydrogens is 344 g/mol. The number of carbonyl (C=O) groups is 1. The van der Waals surface area contributed by atoms with E-state index in [9.17, 15) is 4.79 Å². The summed E-state index contributed by atoms with van der Waals surface area (Å²) in [5.41, 5.74) is 9.04. The fraction of sp³-hybridized carbons (Fsp3) is 0.480. The van der Waals surface area contributed by atoms with Crippen LogP contribution in [0.25, 0.3) is 0 Å². The summed E-state index contributed by atoms with van der Waals surface area (Å²) in [6, 6.07) is 11.7. The summed E-state index contributed by atoms with van der Waals surface area (Å²) in [4.78, 5) is 15.0. The second kappa shape index (κ2) is 6.65. The first-order valence-electron chi connectivity index (χ1n) is 10.4. The third-order valence-electron chi connectivity index (χ3n) is 6.24. The number of rotatable bonds is 3. The van der Waals surface area contributed by atoms with Gasteiger partial charge in [0.25, 0.3) is 0 Å². The maximum atomic E-state index is 12.4. The molecule has 2 bridgehead atoms. The highest BCUT2D eigenvalue weighted by Gasteiger charge is 2.43. The van der Waals surface area contributed by atoms with E-state index in [1.807, 2.05) is 0 Å². The monoisotopic (exact) mass is 376 g/mol. The Hall–Kier alpha value is -2.29. The minimum Gasteiger partial charge on any atom is -0.364 e. The van der Waals surface area contributed by atoms with Crippen LogP contribution in [0, 0.1) is 26.2 Å². The molecule has 4 rings (SSSR count). The molecule has 28 heavy (non-hydrogen) atoms. The van der Waals surface area contributed by atoms with Gasteiger partial charge >= 0.3 is 0 Å². The summed E-state index contributed by atoms with van der Waals surface area (Å²) in [7, 11) is 0. The predicted molar refractivity (Wildman–Crippen MR) is 117 cm³/mol. The molecule has 1 amide bonds. The second-order valence-corrected chi connectivity index (χ2v) is 9.92. The van der Waals surface area contributed by atoms with Crippen molar-refractivity contribution in [2.24, 2.45) is 5.41 Å². The highest BCUT2D eigenvalue weighted by molar-refractivity contribution is 5.93. The highest BCUT2D eigenvalue weighted by atomic mass is 16.1. The van der Waals surface area contributed by atoms with E-state index >= 15 is 0 Å². The van der Waals surface area contributed by atoms with E-state index in [4.69, 9.17) is 0 Å². The number of nitrogens with one attached hydrogen (secondary N) is 1. The molecule has 1 fully saturated rings. The Morgan fingerprint density at radius 1 is 1.11 bits per heavy atom. The van der Waals surface area contributed by atoms with Crippen LogP contribution >= 0.6 is 0 Å². The van der Waals surface area contributed by atoms with Gasteiger partial charge in [-0.2, -0.15) is 0 Å². The van der Waals surface area contributed by atoms with E-state index in [0.29, 0.717) is 18.4 Å². The lowest BCUT2D eigenvalue weighted by molar-refractivity contribution is -0.117. The third kappa shape index (κ3) is 3.32. The Kier molecular flexibility index (Phi) is 4.52. The van der Waals surface area contributed by atoms with E-state index in [0.717, 1.165) is 23.4 Å². The van der Waals surface area contributed by atoms with Gasteiger partial charge in [0.1, 0.15) is 0 Å². The van der Waals surface area contributed by atoms with Gasteiger partial charge in [-0.25, -0.2) is 0 Å². The van der Waals surface area contributed by atoms with Gasteiger partial charge in [0.05, 0.1) is 6.04 Å². The second-order valence-electron chi connectivity index (χ2n) is 9.92. The fourth-order valence-electron chi connectivity index (χ4n) is 5.10. The molecule has 1 saturated heterocycles. The number of hydrogen-bond acceptors (Lipinski definition) is 2. The van der Waals surface area contributed by atoms with Crippen molar-refractivity contribution in [2.45, 2.75) is 66.3 Å². The Labute approximate surface area is 169 Å². The predicted octanol–water partition coefficient (Wildman–Crippen LogP) is 6.04. The van der Waals surface area contributed by atoms with Crippen molar-refractivity contribution in [2.75, 3.05) is 16.8 Å². The number of nitrogens with zero attached hydrogens (tertiary/aromatic N) is 1. The standard InChI is InChI=1S/C25H32N2O/c1-15-8-7-9-20-18-12-21(23(15)20)27(14-18)19-10-16(2)24(17(3)11-19)26-22(28)13-25(4,5)6/h7-11,18,21H,12-14H2,1-6H3,(H,26,28)/t18-,21+/m0/s1. The molecule has 1 aliphatic heterocycles. The van der Waals surface area contributed by atoms with Crippen LogP contribution in [-0.4, -0.2) is 12.5 Å². The van der Waals surface area contributed by atoms with Crippen LogP contribution < -0.4 is 10.2 Å². The molecule has 1 heterocycles. The van der Waals surface area contributed by atoms with Crippen molar-refractivity contribution in [3.8, 4) is 0 Å². The fourth-order valence-corrected chi connectivity index (χ4v) is 5.10. The van der Waals surface area contributed by atoms with E-state index in [2.05, 4.69) is 82.1 Å². The van der Waals surface area contributed by atoms with Crippen molar-refractivity contribution < 1.29 is 4.79 Å². The number of carbonyl (C=O) groups excluding carboxylic acids is 1. The van der Waals surface area contributed by atoms with Gasteiger partial charge in [-0.15, -0.1) is 0 Å². The van der Waals surface area contributed by atoms with E-state index in [-0.39, 0.29) is 11.3 Å². The zero-order valence-electron chi connectivity index (χ0n) is 18.0. The molecule has 0 radical (unpaired) electrons. The molecule has 0 saturated carbocycles. The molecule has 0 aromatic heterocycles. The molecule has 2 aliphatic rings. The van der Waals surface area contributed by atoms with Gasteiger partial charge in [0, 0.05) is 30.3 Å². The topological polar surface area (TPSA) is 32.3 Å². The minimum absolute atomic E-state index is 0.00806. The first kappa shape index (κ1) is 19.0. The Balaban J connectivity index is 1.60. The largest absolute Gasteiger partial charge is 0.364 e. The van der Waals surface area contributed by atoms with E-state index < -0.39 is 0 Å². The maximum absolute atomic E-state index is 12.4. The number of aryl methyl sites for hydroxylation is 3. The molecule has 0 unspecified atom stereocenters. The third-order valence-corrected chi connectivity index (χ3v) is 6.24. The first-order valence-corrected chi connectivity index (χ1v) is 10.4. The molecule has 1 N–H and O–H groups in total. The number of hydrogen-bond donors (Lipinski definition) is 1. The Morgan fingerprint density at radius 3 is 2.43 bits per heavy atom. The molecule has 0 spiro atoms. The Morgan fingerprint density at radius 2 is 1.79 bits per heavy atom. The summed E-state index contributed by atoms with van der Waals surface area (Å²) in [6.07, 6.45) is 1.75. The van der Waals surface area contributed by atoms with Gasteiger partial charge in [-0.1, -0.05) is 39.0 Å². The molecule has 1 aliphatic carbocycles.